The Morgan fingerprint density at radius 2 is 1.69 bits per heavy atom. The topological polar surface area (TPSA) is 67.4 Å². The third kappa shape index (κ3) is 5.54. The van der Waals surface area contributed by atoms with E-state index in [0.29, 0.717) is 5.69 Å². The molecule has 3 aromatic carbocycles. The first-order chi connectivity index (χ1) is 13.7. The lowest BCUT2D eigenvalue weighted by Gasteiger charge is -2.20. The lowest BCUT2D eigenvalue weighted by molar-refractivity contribution is -0.115. The molecule has 0 saturated carbocycles. The van der Waals surface area contributed by atoms with Crippen molar-refractivity contribution in [2.75, 3.05) is 10.6 Å². The van der Waals surface area contributed by atoms with Gasteiger partial charge in [0.25, 0.3) is 0 Å². The van der Waals surface area contributed by atoms with E-state index in [0.717, 1.165) is 16.3 Å². The summed E-state index contributed by atoms with van der Waals surface area (Å²) in [4.78, 5) is 24.4. The SMILES string of the molecule is CC(C)(C)OC(=O)Nc1cc(NC(=O)Cc2cccc3ccccc23)ccc1F. The number of hydrogen-bond acceptors (Lipinski definition) is 3. The van der Waals surface area contributed by atoms with Crippen molar-refractivity contribution in [2.45, 2.75) is 32.8 Å². The molecule has 150 valence electrons. The number of fused-ring (bicyclic) bond motifs is 1. The maximum absolute atomic E-state index is 14.0. The van der Waals surface area contributed by atoms with Crippen molar-refractivity contribution in [3.8, 4) is 0 Å². The first-order valence-corrected chi connectivity index (χ1v) is 9.27. The highest BCUT2D eigenvalue weighted by atomic mass is 19.1. The third-order valence-electron chi connectivity index (χ3n) is 4.12. The monoisotopic (exact) mass is 394 g/mol. The Labute approximate surface area is 168 Å². The molecule has 0 spiro atoms. The second-order valence-corrected chi connectivity index (χ2v) is 7.68. The van der Waals surface area contributed by atoms with Gasteiger partial charge in [-0.1, -0.05) is 42.5 Å². The first kappa shape index (κ1) is 20.3. The predicted molar refractivity (Wildman–Crippen MR) is 113 cm³/mol. The smallest absolute Gasteiger partial charge is 0.412 e. The molecule has 0 saturated heterocycles. The molecule has 0 fully saturated rings. The number of carbonyl (C=O) groups is 2. The van der Waals surface area contributed by atoms with E-state index in [1.165, 1.54) is 18.2 Å². The van der Waals surface area contributed by atoms with Crippen LogP contribution in [0, 0.1) is 5.82 Å². The van der Waals surface area contributed by atoms with Crippen molar-refractivity contribution < 1.29 is 18.7 Å². The number of halogens is 1. The van der Waals surface area contributed by atoms with E-state index >= 15 is 0 Å². The lowest BCUT2D eigenvalue weighted by atomic mass is 10.0. The quantitative estimate of drug-likeness (QED) is 0.613. The molecule has 3 aromatic rings. The highest BCUT2D eigenvalue weighted by Crippen LogP contribution is 2.22. The van der Waals surface area contributed by atoms with Crippen LogP contribution in [0.1, 0.15) is 26.3 Å². The van der Waals surface area contributed by atoms with Crippen LogP contribution in [0.2, 0.25) is 0 Å². The average Bonchev–Trinajstić information content (AvgIpc) is 2.63. The van der Waals surface area contributed by atoms with E-state index in [2.05, 4.69) is 10.6 Å². The largest absolute Gasteiger partial charge is 0.444 e. The Balaban J connectivity index is 1.71. The van der Waals surface area contributed by atoms with Gasteiger partial charge in [0.05, 0.1) is 12.1 Å². The van der Waals surface area contributed by atoms with E-state index in [1.54, 1.807) is 20.8 Å². The minimum atomic E-state index is -0.768. The van der Waals surface area contributed by atoms with Crippen molar-refractivity contribution in [3.63, 3.8) is 0 Å². The maximum atomic E-state index is 14.0. The molecule has 0 unspecified atom stereocenters. The fraction of sp³-hybridized carbons (Fsp3) is 0.217. The number of rotatable bonds is 4. The van der Waals surface area contributed by atoms with Gasteiger partial charge in [-0.2, -0.15) is 0 Å². The summed E-state index contributed by atoms with van der Waals surface area (Å²) in [5, 5.41) is 7.18. The molecule has 3 rings (SSSR count). The average molecular weight is 394 g/mol. The van der Waals surface area contributed by atoms with E-state index in [1.807, 2.05) is 42.5 Å². The number of anilines is 2. The van der Waals surface area contributed by atoms with Crippen molar-refractivity contribution in [1.82, 2.24) is 0 Å². The molecule has 0 heterocycles. The van der Waals surface area contributed by atoms with Crippen molar-refractivity contribution in [3.05, 3.63) is 72.0 Å². The molecule has 2 amide bonds. The van der Waals surface area contributed by atoms with E-state index in [9.17, 15) is 14.0 Å². The summed E-state index contributed by atoms with van der Waals surface area (Å²) in [5.41, 5.74) is 0.505. The number of carbonyl (C=O) groups excluding carboxylic acids is 2. The maximum Gasteiger partial charge on any atom is 0.412 e. The van der Waals surface area contributed by atoms with Gasteiger partial charge in [-0.05, 0) is 55.3 Å². The number of amides is 2. The van der Waals surface area contributed by atoms with Gasteiger partial charge in [-0.15, -0.1) is 0 Å². The van der Waals surface area contributed by atoms with Gasteiger partial charge < -0.3 is 10.1 Å². The zero-order chi connectivity index (χ0) is 21.0. The Bertz CT molecular complexity index is 1050. The van der Waals surface area contributed by atoms with Gasteiger partial charge in [0.2, 0.25) is 5.91 Å². The van der Waals surface area contributed by atoms with E-state index in [4.69, 9.17) is 4.74 Å². The Morgan fingerprint density at radius 1 is 0.966 bits per heavy atom. The highest BCUT2D eigenvalue weighted by Gasteiger charge is 2.18. The van der Waals surface area contributed by atoms with Crippen LogP contribution in [0.4, 0.5) is 20.6 Å². The standard InChI is InChI=1S/C23H23FN2O3/c1-23(2,3)29-22(28)26-20-14-17(11-12-19(20)24)25-21(27)13-16-9-6-8-15-7-4-5-10-18(15)16/h4-12,14H,13H2,1-3H3,(H,25,27)(H,26,28). The molecule has 6 heteroatoms. The Hall–Kier alpha value is -3.41. The predicted octanol–water partition coefficient (Wildman–Crippen LogP) is 5.51. The number of ether oxygens (including phenoxy) is 1. The fourth-order valence-electron chi connectivity index (χ4n) is 2.94. The minimum Gasteiger partial charge on any atom is -0.444 e. The van der Waals surface area contributed by atoms with Crippen LogP contribution in [0.15, 0.2) is 60.7 Å². The summed E-state index contributed by atoms with van der Waals surface area (Å²) in [5.74, 6) is -0.862. The van der Waals surface area contributed by atoms with Crippen LogP contribution < -0.4 is 10.6 Å². The molecular formula is C23H23FN2O3. The summed E-state index contributed by atoms with van der Waals surface area (Å²) in [6.07, 6.45) is -0.594. The molecule has 0 aliphatic heterocycles. The summed E-state index contributed by atoms with van der Waals surface area (Å²) < 4.78 is 19.2. The van der Waals surface area contributed by atoms with E-state index in [-0.39, 0.29) is 18.0 Å². The van der Waals surface area contributed by atoms with Crippen molar-refractivity contribution in [1.29, 1.82) is 0 Å². The fourth-order valence-corrected chi connectivity index (χ4v) is 2.94. The van der Waals surface area contributed by atoms with Crippen molar-refractivity contribution >= 4 is 34.1 Å². The molecule has 0 aromatic heterocycles. The molecule has 0 atom stereocenters. The molecule has 5 nitrogen and oxygen atoms in total. The summed E-state index contributed by atoms with van der Waals surface area (Å²) in [7, 11) is 0. The molecule has 29 heavy (non-hydrogen) atoms. The van der Waals surface area contributed by atoms with E-state index < -0.39 is 17.5 Å². The number of nitrogens with one attached hydrogen (secondary N) is 2. The van der Waals surface area contributed by atoms with Crippen LogP contribution >= 0.6 is 0 Å². The Morgan fingerprint density at radius 3 is 2.45 bits per heavy atom. The third-order valence-corrected chi connectivity index (χ3v) is 4.12. The molecular weight excluding hydrogens is 371 g/mol. The van der Waals surface area contributed by atoms with Gasteiger partial charge in [-0.25, -0.2) is 9.18 Å². The van der Waals surface area contributed by atoms with Crippen LogP contribution in [-0.2, 0) is 16.0 Å². The van der Waals surface area contributed by atoms with Crippen molar-refractivity contribution in [2.24, 2.45) is 0 Å². The van der Waals surface area contributed by atoms with Gasteiger partial charge in [0.1, 0.15) is 11.4 Å². The molecule has 0 aliphatic rings. The number of benzene rings is 3. The minimum absolute atomic E-state index is 0.0674. The van der Waals surface area contributed by atoms with Crippen LogP contribution in [-0.4, -0.2) is 17.6 Å². The zero-order valence-electron chi connectivity index (χ0n) is 16.6. The van der Waals surface area contributed by atoms with Crippen LogP contribution in [0.5, 0.6) is 0 Å². The second-order valence-electron chi connectivity index (χ2n) is 7.68. The summed E-state index contributed by atoms with van der Waals surface area (Å²) in [6, 6.07) is 17.6. The molecule has 2 N–H and O–H groups in total. The van der Waals surface area contributed by atoms with Crippen LogP contribution in [0.3, 0.4) is 0 Å². The highest BCUT2D eigenvalue weighted by molar-refractivity contribution is 5.97. The van der Waals surface area contributed by atoms with Gasteiger partial charge >= 0.3 is 6.09 Å². The summed E-state index contributed by atoms with van der Waals surface area (Å²) >= 11 is 0. The number of hydrogen-bond donors (Lipinski definition) is 2. The molecule has 0 aliphatic carbocycles. The van der Waals surface area contributed by atoms with Gasteiger partial charge in [-0.3, -0.25) is 10.1 Å². The lowest BCUT2D eigenvalue weighted by Crippen LogP contribution is -2.27. The van der Waals surface area contributed by atoms with Gasteiger partial charge in [0, 0.05) is 5.69 Å². The molecule has 0 radical (unpaired) electrons. The second kappa shape index (κ2) is 8.31. The van der Waals surface area contributed by atoms with Crippen LogP contribution in [0.25, 0.3) is 10.8 Å². The zero-order valence-corrected chi connectivity index (χ0v) is 16.6. The molecule has 0 bridgehead atoms. The van der Waals surface area contributed by atoms with Gasteiger partial charge in [0.15, 0.2) is 0 Å². The Kier molecular flexibility index (Phi) is 5.82. The normalized spacial score (nSPS) is 11.2. The first-order valence-electron chi connectivity index (χ1n) is 9.27. The summed E-state index contributed by atoms with van der Waals surface area (Å²) in [6.45, 7) is 5.15.